The van der Waals surface area contributed by atoms with Crippen LogP contribution in [0.25, 0.3) is 0 Å². The van der Waals surface area contributed by atoms with E-state index >= 15 is 0 Å². The highest BCUT2D eigenvalue weighted by atomic mass is 19.2. The van der Waals surface area contributed by atoms with Gasteiger partial charge in [-0.15, -0.1) is 0 Å². The summed E-state index contributed by atoms with van der Waals surface area (Å²) in [6, 6.07) is 12.8. The van der Waals surface area contributed by atoms with Crippen molar-refractivity contribution in [3.8, 4) is 0 Å². The highest BCUT2D eigenvalue weighted by Crippen LogP contribution is 2.17. The number of benzene rings is 2. The Labute approximate surface area is 149 Å². The topological polar surface area (TPSA) is 66.9 Å². The zero-order chi connectivity index (χ0) is 18.5. The van der Waals surface area contributed by atoms with Crippen molar-refractivity contribution < 1.29 is 13.6 Å². The molecule has 1 amide bonds. The Hall–Kier alpha value is -3.35. The standard InChI is InChI=1S/C19H16F2N4O/c1-12(13-5-3-2-4-6-13)24-19(26)17-10-23-18(11-22-17)25-14-7-8-15(20)16(21)9-14/h2-12H,1H3,(H,23,25)(H,24,26). The summed E-state index contributed by atoms with van der Waals surface area (Å²) in [4.78, 5) is 20.4. The molecular formula is C19H16F2N4O. The first-order valence-electron chi connectivity index (χ1n) is 7.93. The Balaban J connectivity index is 1.65. The van der Waals surface area contributed by atoms with Gasteiger partial charge in [0.2, 0.25) is 0 Å². The molecule has 132 valence electrons. The van der Waals surface area contributed by atoms with Crippen molar-refractivity contribution in [1.82, 2.24) is 15.3 Å². The molecule has 7 heteroatoms. The molecule has 3 aromatic rings. The average Bonchev–Trinajstić information content (AvgIpc) is 2.66. The number of aromatic nitrogens is 2. The molecule has 0 aliphatic heterocycles. The molecule has 3 rings (SSSR count). The summed E-state index contributed by atoms with van der Waals surface area (Å²) >= 11 is 0. The van der Waals surface area contributed by atoms with E-state index in [-0.39, 0.29) is 17.6 Å². The summed E-state index contributed by atoms with van der Waals surface area (Å²) in [5.41, 5.74) is 1.46. The molecular weight excluding hydrogens is 338 g/mol. The molecule has 2 N–H and O–H groups in total. The summed E-state index contributed by atoms with van der Waals surface area (Å²) in [6.45, 7) is 1.87. The van der Waals surface area contributed by atoms with Gasteiger partial charge in [-0.3, -0.25) is 4.79 Å². The van der Waals surface area contributed by atoms with Crippen LogP contribution in [0.4, 0.5) is 20.3 Å². The molecule has 26 heavy (non-hydrogen) atoms. The highest BCUT2D eigenvalue weighted by molar-refractivity contribution is 5.92. The molecule has 0 saturated heterocycles. The Morgan fingerprint density at radius 2 is 1.77 bits per heavy atom. The van der Waals surface area contributed by atoms with Gasteiger partial charge in [0, 0.05) is 11.8 Å². The SMILES string of the molecule is CC(NC(=O)c1cnc(Nc2ccc(F)c(F)c2)cn1)c1ccccc1. The molecule has 1 atom stereocenters. The normalized spacial score (nSPS) is 11.7. The van der Waals surface area contributed by atoms with Gasteiger partial charge in [0.05, 0.1) is 18.4 Å². The average molecular weight is 354 g/mol. The molecule has 5 nitrogen and oxygen atoms in total. The number of nitrogens with one attached hydrogen (secondary N) is 2. The Kier molecular flexibility index (Phi) is 5.17. The molecule has 0 spiro atoms. The van der Waals surface area contributed by atoms with Gasteiger partial charge < -0.3 is 10.6 Å². The maximum Gasteiger partial charge on any atom is 0.271 e. The molecule has 0 aliphatic carbocycles. The summed E-state index contributed by atoms with van der Waals surface area (Å²) < 4.78 is 26.1. The van der Waals surface area contributed by atoms with Crippen molar-refractivity contribution in [1.29, 1.82) is 0 Å². The number of rotatable bonds is 5. The van der Waals surface area contributed by atoms with Crippen LogP contribution in [0, 0.1) is 11.6 Å². The quantitative estimate of drug-likeness (QED) is 0.727. The third-order valence-corrected chi connectivity index (χ3v) is 3.72. The van der Waals surface area contributed by atoms with Crippen LogP contribution in [0.1, 0.15) is 29.0 Å². The number of anilines is 2. The van der Waals surface area contributed by atoms with Gasteiger partial charge in [-0.2, -0.15) is 0 Å². The van der Waals surface area contributed by atoms with E-state index in [9.17, 15) is 13.6 Å². The number of carbonyl (C=O) groups is 1. The van der Waals surface area contributed by atoms with Gasteiger partial charge in [0.15, 0.2) is 11.6 Å². The second-order valence-corrected chi connectivity index (χ2v) is 5.65. The van der Waals surface area contributed by atoms with E-state index in [1.807, 2.05) is 37.3 Å². The van der Waals surface area contributed by atoms with Crippen LogP contribution < -0.4 is 10.6 Å². The second kappa shape index (κ2) is 7.69. The molecule has 0 bridgehead atoms. The fourth-order valence-electron chi connectivity index (χ4n) is 2.33. The Bertz CT molecular complexity index is 901. The smallest absolute Gasteiger partial charge is 0.271 e. The maximum atomic E-state index is 13.2. The lowest BCUT2D eigenvalue weighted by Gasteiger charge is -2.14. The zero-order valence-electron chi connectivity index (χ0n) is 13.9. The van der Waals surface area contributed by atoms with E-state index in [0.717, 1.165) is 17.7 Å². The third kappa shape index (κ3) is 4.18. The van der Waals surface area contributed by atoms with Gasteiger partial charge in [-0.25, -0.2) is 18.7 Å². The molecule has 0 fully saturated rings. The van der Waals surface area contributed by atoms with Gasteiger partial charge in [-0.05, 0) is 24.6 Å². The fourth-order valence-corrected chi connectivity index (χ4v) is 2.33. The van der Waals surface area contributed by atoms with Gasteiger partial charge in [0.1, 0.15) is 11.5 Å². The van der Waals surface area contributed by atoms with E-state index in [4.69, 9.17) is 0 Å². The van der Waals surface area contributed by atoms with Crippen molar-refractivity contribution in [3.63, 3.8) is 0 Å². The van der Waals surface area contributed by atoms with E-state index in [1.165, 1.54) is 18.5 Å². The summed E-state index contributed by atoms with van der Waals surface area (Å²) in [5, 5.41) is 5.63. The number of nitrogens with zero attached hydrogens (tertiary/aromatic N) is 2. The molecule has 0 saturated carbocycles. The minimum Gasteiger partial charge on any atom is -0.344 e. The van der Waals surface area contributed by atoms with Crippen molar-refractivity contribution in [2.75, 3.05) is 5.32 Å². The minimum atomic E-state index is -0.964. The van der Waals surface area contributed by atoms with Crippen LogP contribution in [0.3, 0.4) is 0 Å². The van der Waals surface area contributed by atoms with Crippen molar-refractivity contribution >= 4 is 17.4 Å². The lowest BCUT2D eigenvalue weighted by atomic mass is 10.1. The molecule has 1 heterocycles. The lowest BCUT2D eigenvalue weighted by Crippen LogP contribution is -2.27. The predicted molar refractivity (Wildman–Crippen MR) is 94.0 cm³/mol. The van der Waals surface area contributed by atoms with E-state index < -0.39 is 11.6 Å². The van der Waals surface area contributed by atoms with Crippen molar-refractivity contribution in [2.24, 2.45) is 0 Å². The monoisotopic (exact) mass is 354 g/mol. The van der Waals surface area contributed by atoms with Crippen LogP contribution in [0.15, 0.2) is 60.9 Å². The maximum absolute atomic E-state index is 13.2. The first kappa shape index (κ1) is 17.5. The number of hydrogen-bond acceptors (Lipinski definition) is 4. The van der Waals surface area contributed by atoms with Gasteiger partial charge in [0.25, 0.3) is 5.91 Å². The van der Waals surface area contributed by atoms with Crippen LogP contribution >= 0.6 is 0 Å². The lowest BCUT2D eigenvalue weighted by molar-refractivity contribution is 0.0934. The summed E-state index contributed by atoms with van der Waals surface area (Å²) in [6.07, 6.45) is 2.67. The van der Waals surface area contributed by atoms with Crippen LogP contribution in [-0.4, -0.2) is 15.9 Å². The van der Waals surface area contributed by atoms with E-state index in [1.54, 1.807) is 0 Å². The predicted octanol–water partition coefficient (Wildman–Crippen LogP) is 3.99. The largest absolute Gasteiger partial charge is 0.344 e. The molecule has 0 aliphatic rings. The van der Waals surface area contributed by atoms with E-state index in [0.29, 0.717) is 11.5 Å². The van der Waals surface area contributed by atoms with Crippen LogP contribution in [0.2, 0.25) is 0 Å². The third-order valence-electron chi connectivity index (χ3n) is 3.72. The van der Waals surface area contributed by atoms with Crippen molar-refractivity contribution in [3.05, 3.63) is 83.8 Å². The van der Waals surface area contributed by atoms with Crippen LogP contribution in [0.5, 0.6) is 0 Å². The Morgan fingerprint density at radius 1 is 1.00 bits per heavy atom. The molecule has 2 aromatic carbocycles. The number of hydrogen-bond donors (Lipinski definition) is 2. The summed E-state index contributed by atoms with van der Waals surface area (Å²) in [7, 11) is 0. The van der Waals surface area contributed by atoms with E-state index in [2.05, 4.69) is 20.6 Å². The number of carbonyl (C=O) groups excluding carboxylic acids is 1. The fraction of sp³-hybridized carbons (Fsp3) is 0.105. The van der Waals surface area contributed by atoms with Crippen molar-refractivity contribution in [2.45, 2.75) is 13.0 Å². The first-order valence-corrected chi connectivity index (χ1v) is 7.93. The first-order chi connectivity index (χ1) is 12.5. The van der Waals surface area contributed by atoms with Gasteiger partial charge >= 0.3 is 0 Å². The zero-order valence-corrected chi connectivity index (χ0v) is 13.9. The molecule has 1 unspecified atom stereocenters. The summed E-state index contributed by atoms with van der Waals surface area (Å²) in [5.74, 6) is -1.94. The minimum absolute atomic E-state index is 0.156. The number of halogens is 2. The Morgan fingerprint density at radius 3 is 2.42 bits per heavy atom. The molecule has 1 aromatic heterocycles. The van der Waals surface area contributed by atoms with Crippen LogP contribution in [-0.2, 0) is 0 Å². The van der Waals surface area contributed by atoms with Gasteiger partial charge in [-0.1, -0.05) is 30.3 Å². The second-order valence-electron chi connectivity index (χ2n) is 5.65. The highest BCUT2D eigenvalue weighted by Gasteiger charge is 2.13. The number of amides is 1. The molecule has 0 radical (unpaired) electrons.